The summed E-state index contributed by atoms with van der Waals surface area (Å²) >= 11 is 0. The summed E-state index contributed by atoms with van der Waals surface area (Å²) in [6.07, 6.45) is 12.0. The van der Waals surface area contributed by atoms with Gasteiger partial charge in [-0.05, 0) is 50.5 Å². The van der Waals surface area contributed by atoms with Gasteiger partial charge in [0.25, 0.3) is 0 Å². The van der Waals surface area contributed by atoms with Crippen LogP contribution in [0.2, 0.25) is 11.6 Å². The highest BCUT2D eigenvalue weighted by Crippen LogP contribution is 2.50. The van der Waals surface area contributed by atoms with Crippen LogP contribution in [0.5, 0.6) is 0 Å². The van der Waals surface area contributed by atoms with Crippen molar-refractivity contribution in [3.8, 4) is 0 Å². The molecule has 0 saturated heterocycles. The summed E-state index contributed by atoms with van der Waals surface area (Å²) in [7, 11) is 1.47. The lowest BCUT2D eigenvalue weighted by molar-refractivity contribution is 0.107. The van der Waals surface area contributed by atoms with Crippen molar-refractivity contribution in [1.29, 1.82) is 0 Å². The second-order valence-corrected chi connectivity index (χ2v) is 7.40. The highest BCUT2D eigenvalue weighted by Gasteiger charge is 2.38. The molecular formula is C16H32BN. The van der Waals surface area contributed by atoms with Gasteiger partial charge in [-0.1, -0.05) is 45.2 Å². The lowest BCUT2D eigenvalue weighted by Crippen LogP contribution is -2.39. The van der Waals surface area contributed by atoms with Crippen LogP contribution >= 0.6 is 0 Å². The van der Waals surface area contributed by atoms with Gasteiger partial charge in [0.2, 0.25) is 0 Å². The SMILES string of the molecule is CCNC1CCC2(CCC(BC(C)C)CC2)CC1. The maximum absolute atomic E-state index is 3.64. The second kappa shape index (κ2) is 6.46. The van der Waals surface area contributed by atoms with Gasteiger partial charge in [0.1, 0.15) is 7.28 Å². The van der Waals surface area contributed by atoms with Gasteiger partial charge >= 0.3 is 0 Å². The van der Waals surface area contributed by atoms with Gasteiger partial charge in [0.05, 0.1) is 0 Å². The van der Waals surface area contributed by atoms with E-state index in [1.54, 1.807) is 0 Å². The molecule has 0 aromatic rings. The van der Waals surface area contributed by atoms with Crippen molar-refractivity contribution in [2.75, 3.05) is 6.54 Å². The predicted octanol–water partition coefficient (Wildman–Crippen LogP) is 4.15. The molecule has 0 amide bonds. The number of rotatable bonds is 4. The average molecular weight is 249 g/mol. The van der Waals surface area contributed by atoms with Crippen LogP contribution in [0.1, 0.15) is 72.1 Å². The molecular weight excluding hydrogens is 217 g/mol. The highest BCUT2D eigenvalue weighted by molar-refractivity contribution is 6.39. The zero-order chi connectivity index (χ0) is 13.0. The van der Waals surface area contributed by atoms with Crippen LogP contribution in [-0.2, 0) is 0 Å². The first-order valence-electron chi connectivity index (χ1n) is 8.37. The molecule has 0 radical (unpaired) electrons. The van der Waals surface area contributed by atoms with Crippen LogP contribution in [0.3, 0.4) is 0 Å². The Hall–Kier alpha value is 0.0249. The number of nitrogens with one attached hydrogen (secondary N) is 1. The Morgan fingerprint density at radius 3 is 2.11 bits per heavy atom. The first-order chi connectivity index (χ1) is 8.63. The third-order valence-corrected chi connectivity index (χ3v) is 5.51. The van der Waals surface area contributed by atoms with Crippen LogP contribution < -0.4 is 5.32 Å². The molecule has 0 unspecified atom stereocenters. The van der Waals surface area contributed by atoms with Gasteiger partial charge in [-0.2, -0.15) is 0 Å². The fraction of sp³-hybridized carbons (Fsp3) is 1.00. The van der Waals surface area contributed by atoms with Crippen LogP contribution in [0.4, 0.5) is 0 Å². The smallest absolute Gasteiger partial charge is 0.126 e. The van der Waals surface area contributed by atoms with Crippen molar-refractivity contribution in [3.63, 3.8) is 0 Å². The third kappa shape index (κ3) is 3.76. The minimum Gasteiger partial charge on any atom is -0.314 e. The maximum Gasteiger partial charge on any atom is 0.126 e. The van der Waals surface area contributed by atoms with E-state index >= 15 is 0 Å². The van der Waals surface area contributed by atoms with Crippen molar-refractivity contribution < 1.29 is 0 Å². The zero-order valence-corrected chi connectivity index (χ0v) is 12.8. The summed E-state index contributed by atoms with van der Waals surface area (Å²) in [5.41, 5.74) is 0.763. The van der Waals surface area contributed by atoms with E-state index in [0.29, 0.717) is 0 Å². The first-order valence-corrected chi connectivity index (χ1v) is 8.37. The predicted molar refractivity (Wildman–Crippen MR) is 82.8 cm³/mol. The molecule has 0 aromatic carbocycles. The standard InChI is InChI=1S/C16H32BN/c1-4-18-15-7-11-16(12-8-15)9-5-14(6-10-16)17-13(2)3/h13-15,17-18H,4-12H2,1-3H3. The minimum absolute atomic E-state index is 0.763. The Morgan fingerprint density at radius 1 is 1.06 bits per heavy atom. The van der Waals surface area contributed by atoms with Crippen LogP contribution in [0.25, 0.3) is 0 Å². The van der Waals surface area contributed by atoms with Gasteiger partial charge in [0.15, 0.2) is 0 Å². The molecule has 2 rings (SSSR count). The van der Waals surface area contributed by atoms with Gasteiger partial charge in [-0.15, -0.1) is 0 Å². The van der Waals surface area contributed by atoms with Crippen molar-refractivity contribution in [1.82, 2.24) is 5.32 Å². The molecule has 2 heteroatoms. The van der Waals surface area contributed by atoms with Gasteiger partial charge in [-0.3, -0.25) is 0 Å². The summed E-state index contributed by atoms with van der Waals surface area (Å²) in [4.78, 5) is 0. The molecule has 0 bridgehead atoms. The lowest BCUT2D eigenvalue weighted by atomic mass is 9.49. The Balaban J connectivity index is 1.75. The summed E-state index contributed by atoms with van der Waals surface area (Å²) in [5.74, 6) is 1.94. The van der Waals surface area contributed by atoms with Crippen LogP contribution in [-0.4, -0.2) is 19.9 Å². The number of hydrogen-bond donors (Lipinski definition) is 1. The summed E-state index contributed by atoms with van der Waals surface area (Å²) in [5, 5.41) is 3.64. The molecule has 0 atom stereocenters. The Morgan fingerprint density at radius 2 is 1.61 bits per heavy atom. The van der Waals surface area contributed by atoms with E-state index in [2.05, 4.69) is 26.1 Å². The van der Waals surface area contributed by atoms with Crippen molar-refractivity contribution in [2.24, 2.45) is 5.41 Å². The topological polar surface area (TPSA) is 12.0 Å². The molecule has 2 fully saturated rings. The molecule has 2 aliphatic rings. The first kappa shape index (κ1) is 14.4. The fourth-order valence-electron chi connectivity index (χ4n) is 4.42. The summed E-state index contributed by atoms with van der Waals surface area (Å²) < 4.78 is 0. The lowest BCUT2D eigenvalue weighted by Gasteiger charge is -2.45. The van der Waals surface area contributed by atoms with Crippen LogP contribution in [0, 0.1) is 5.41 Å². The van der Waals surface area contributed by atoms with E-state index in [-0.39, 0.29) is 0 Å². The summed E-state index contributed by atoms with van der Waals surface area (Å²) in [6.45, 7) is 8.15. The van der Waals surface area contributed by atoms with Crippen LogP contribution in [0.15, 0.2) is 0 Å². The molecule has 1 spiro atoms. The van der Waals surface area contributed by atoms with Crippen molar-refractivity contribution in [3.05, 3.63) is 0 Å². The van der Waals surface area contributed by atoms with E-state index in [1.807, 2.05) is 0 Å². The molecule has 2 saturated carbocycles. The Bertz CT molecular complexity index is 233. The van der Waals surface area contributed by atoms with Gasteiger partial charge < -0.3 is 5.32 Å². The molecule has 0 heterocycles. The normalized spacial score (nSPS) is 37.1. The average Bonchev–Trinajstić information content (AvgIpc) is 2.35. The number of hydrogen-bond acceptors (Lipinski definition) is 1. The molecule has 0 aliphatic heterocycles. The maximum atomic E-state index is 3.64. The largest absolute Gasteiger partial charge is 0.314 e. The molecule has 1 N–H and O–H groups in total. The Labute approximate surface area is 115 Å². The van der Waals surface area contributed by atoms with E-state index < -0.39 is 0 Å². The molecule has 2 aliphatic carbocycles. The Kier molecular flexibility index (Phi) is 5.18. The molecule has 18 heavy (non-hydrogen) atoms. The van der Waals surface area contributed by atoms with Crippen molar-refractivity contribution >= 4 is 7.28 Å². The molecule has 0 aromatic heterocycles. The van der Waals surface area contributed by atoms with Gasteiger partial charge in [-0.25, -0.2) is 0 Å². The molecule has 1 nitrogen and oxygen atoms in total. The van der Waals surface area contributed by atoms with Gasteiger partial charge in [0, 0.05) is 6.04 Å². The zero-order valence-electron chi connectivity index (χ0n) is 12.8. The van der Waals surface area contributed by atoms with E-state index in [0.717, 1.165) is 29.6 Å². The highest BCUT2D eigenvalue weighted by atomic mass is 14.9. The molecule has 104 valence electrons. The second-order valence-electron chi connectivity index (χ2n) is 7.40. The minimum atomic E-state index is 0.763. The third-order valence-electron chi connectivity index (χ3n) is 5.51. The van der Waals surface area contributed by atoms with E-state index in [1.165, 1.54) is 58.6 Å². The van der Waals surface area contributed by atoms with E-state index in [4.69, 9.17) is 0 Å². The quantitative estimate of drug-likeness (QED) is 0.738. The monoisotopic (exact) mass is 249 g/mol. The van der Waals surface area contributed by atoms with E-state index in [9.17, 15) is 0 Å². The fourth-order valence-corrected chi connectivity index (χ4v) is 4.42. The summed E-state index contributed by atoms with van der Waals surface area (Å²) in [6, 6.07) is 0.828. The van der Waals surface area contributed by atoms with Crippen molar-refractivity contribution in [2.45, 2.75) is 89.8 Å².